The topological polar surface area (TPSA) is 12.4 Å². The van der Waals surface area contributed by atoms with E-state index in [1.54, 1.807) is 18.2 Å². The van der Waals surface area contributed by atoms with Crippen molar-refractivity contribution >= 4 is 6.72 Å². The maximum atomic E-state index is 3.82. The molecule has 0 aromatic carbocycles. The van der Waals surface area contributed by atoms with Gasteiger partial charge in [-0.3, -0.25) is 4.99 Å². The minimum absolute atomic E-state index is 0.803. The van der Waals surface area contributed by atoms with Gasteiger partial charge in [0, 0.05) is 0 Å². The Bertz CT molecular complexity index is 219. The first-order valence-corrected chi connectivity index (χ1v) is 3.38. The van der Waals surface area contributed by atoms with Gasteiger partial charge in [-0.05, 0) is 25.3 Å². The first kappa shape index (κ1) is 9.63. The molecular weight excluding hydrogens is 134 g/mol. The van der Waals surface area contributed by atoms with Crippen molar-refractivity contribution in [2.24, 2.45) is 4.99 Å². The monoisotopic (exact) mass is 147 g/mol. The number of allylic oxidation sites excluding steroid dienone is 4. The minimum atomic E-state index is 0.803. The number of aliphatic imine (C=N–C) groups is 1. The molecule has 1 heteroatoms. The summed E-state index contributed by atoms with van der Waals surface area (Å²) in [5, 5.41) is 0. The van der Waals surface area contributed by atoms with Gasteiger partial charge in [-0.1, -0.05) is 31.4 Å². The SMILES string of the molecule is C=C/C=C(N=C)\C(C=C)=C/C. The van der Waals surface area contributed by atoms with E-state index < -0.39 is 0 Å². The highest BCUT2D eigenvalue weighted by Crippen LogP contribution is 2.11. The molecule has 0 atom stereocenters. The zero-order valence-corrected chi connectivity index (χ0v) is 6.88. The van der Waals surface area contributed by atoms with Crippen molar-refractivity contribution < 1.29 is 0 Å². The zero-order chi connectivity index (χ0) is 8.69. The molecule has 0 aliphatic heterocycles. The summed E-state index contributed by atoms with van der Waals surface area (Å²) >= 11 is 0. The van der Waals surface area contributed by atoms with Crippen LogP contribution in [0.1, 0.15) is 6.92 Å². The maximum Gasteiger partial charge on any atom is 0.0690 e. The van der Waals surface area contributed by atoms with Crippen molar-refractivity contribution in [3.05, 3.63) is 48.7 Å². The van der Waals surface area contributed by atoms with Crippen molar-refractivity contribution in [1.29, 1.82) is 0 Å². The summed E-state index contributed by atoms with van der Waals surface area (Å²) in [5.74, 6) is 0. The highest BCUT2D eigenvalue weighted by Gasteiger charge is 1.93. The number of nitrogens with zero attached hydrogens (tertiary/aromatic N) is 1. The Labute approximate surface area is 68.2 Å². The van der Waals surface area contributed by atoms with E-state index in [4.69, 9.17) is 0 Å². The van der Waals surface area contributed by atoms with E-state index in [1.165, 1.54) is 0 Å². The second kappa shape index (κ2) is 5.42. The van der Waals surface area contributed by atoms with Gasteiger partial charge >= 0.3 is 0 Å². The second-order valence-corrected chi connectivity index (χ2v) is 1.89. The Morgan fingerprint density at radius 2 is 2.00 bits per heavy atom. The van der Waals surface area contributed by atoms with Gasteiger partial charge in [0.25, 0.3) is 0 Å². The van der Waals surface area contributed by atoms with Crippen LogP contribution in [-0.2, 0) is 0 Å². The van der Waals surface area contributed by atoms with Crippen LogP contribution in [0.5, 0.6) is 0 Å². The van der Waals surface area contributed by atoms with Gasteiger partial charge in [-0.15, -0.1) is 0 Å². The van der Waals surface area contributed by atoms with E-state index in [9.17, 15) is 0 Å². The predicted molar refractivity (Wildman–Crippen MR) is 51.8 cm³/mol. The molecule has 0 aromatic heterocycles. The van der Waals surface area contributed by atoms with Gasteiger partial charge in [-0.25, -0.2) is 0 Å². The highest BCUT2D eigenvalue weighted by atomic mass is 14.7. The van der Waals surface area contributed by atoms with E-state index in [-0.39, 0.29) is 0 Å². The van der Waals surface area contributed by atoms with Gasteiger partial charge in [0.1, 0.15) is 0 Å². The smallest absolute Gasteiger partial charge is 0.0690 e. The fourth-order valence-electron chi connectivity index (χ4n) is 0.722. The molecule has 0 aromatic rings. The quantitative estimate of drug-likeness (QED) is 0.428. The zero-order valence-electron chi connectivity index (χ0n) is 6.88. The molecule has 58 valence electrons. The van der Waals surface area contributed by atoms with Crippen molar-refractivity contribution in [3.63, 3.8) is 0 Å². The van der Waals surface area contributed by atoms with Gasteiger partial charge in [-0.2, -0.15) is 0 Å². The van der Waals surface area contributed by atoms with Crippen LogP contribution in [0, 0.1) is 0 Å². The Hall–Kier alpha value is -1.37. The molecule has 0 amide bonds. The number of hydrogen-bond donors (Lipinski definition) is 0. The molecule has 0 radical (unpaired) electrons. The molecule has 0 aliphatic rings. The van der Waals surface area contributed by atoms with Gasteiger partial charge in [0.15, 0.2) is 0 Å². The largest absolute Gasteiger partial charge is 0.264 e. The molecule has 0 saturated heterocycles. The Morgan fingerprint density at radius 3 is 2.27 bits per heavy atom. The number of rotatable bonds is 4. The summed E-state index contributed by atoms with van der Waals surface area (Å²) in [5.41, 5.74) is 1.78. The average molecular weight is 147 g/mol. The molecule has 1 nitrogen and oxygen atoms in total. The highest BCUT2D eigenvalue weighted by molar-refractivity contribution is 5.44. The molecule has 0 rings (SSSR count). The molecule has 11 heavy (non-hydrogen) atoms. The van der Waals surface area contributed by atoms with Crippen LogP contribution in [0.2, 0.25) is 0 Å². The Morgan fingerprint density at radius 1 is 1.36 bits per heavy atom. The van der Waals surface area contributed by atoms with Crippen LogP contribution in [0.3, 0.4) is 0 Å². The lowest BCUT2D eigenvalue weighted by molar-refractivity contribution is 1.35. The van der Waals surface area contributed by atoms with Crippen LogP contribution in [0.15, 0.2) is 53.7 Å². The molecule has 0 bridgehead atoms. The lowest BCUT2D eigenvalue weighted by atomic mass is 10.2. The van der Waals surface area contributed by atoms with Crippen LogP contribution >= 0.6 is 0 Å². The van der Waals surface area contributed by atoms with E-state index >= 15 is 0 Å². The standard InChI is InChI=1S/C10H13N/c1-5-8-10(11-4)9(6-2)7-3/h5-8H,1-2,4H2,3H3/b9-7-,10-8+. The van der Waals surface area contributed by atoms with Crippen molar-refractivity contribution in [2.45, 2.75) is 6.92 Å². The van der Waals surface area contributed by atoms with Crippen LogP contribution in [0.4, 0.5) is 0 Å². The van der Waals surface area contributed by atoms with E-state index in [2.05, 4.69) is 24.9 Å². The third kappa shape index (κ3) is 2.80. The predicted octanol–water partition coefficient (Wildman–Crippen LogP) is 2.89. The second-order valence-electron chi connectivity index (χ2n) is 1.89. The van der Waals surface area contributed by atoms with Gasteiger partial charge in [0.2, 0.25) is 0 Å². The van der Waals surface area contributed by atoms with Crippen LogP contribution in [0.25, 0.3) is 0 Å². The fourth-order valence-corrected chi connectivity index (χ4v) is 0.722. The molecular formula is C10H13N. The maximum absolute atomic E-state index is 3.82. The lowest BCUT2D eigenvalue weighted by Gasteiger charge is -1.98. The van der Waals surface area contributed by atoms with Gasteiger partial charge < -0.3 is 0 Å². The van der Waals surface area contributed by atoms with Crippen molar-refractivity contribution in [3.8, 4) is 0 Å². The Kier molecular flexibility index (Phi) is 4.74. The third-order valence-corrected chi connectivity index (χ3v) is 1.27. The van der Waals surface area contributed by atoms with E-state index in [0.29, 0.717) is 0 Å². The molecule has 0 N–H and O–H groups in total. The fraction of sp³-hybridized carbons (Fsp3) is 0.100. The molecule has 0 fully saturated rings. The summed E-state index contributed by atoms with van der Waals surface area (Å²) in [4.78, 5) is 3.82. The molecule has 0 aliphatic carbocycles. The number of hydrogen-bond acceptors (Lipinski definition) is 1. The van der Waals surface area contributed by atoms with E-state index in [1.807, 2.05) is 13.0 Å². The van der Waals surface area contributed by atoms with Crippen molar-refractivity contribution in [1.82, 2.24) is 0 Å². The summed E-state index contributed by atoms with van der Waals surface area (Å²) in [6, 6.07) is 0. The summed E-state index contributed by atoms with van der Waals surface area (Å²) < 4.78 is 0. The lowest BCUT2D eigenvalue weighted by Crippen LogP contribution is -1.80. The molecule has 0 unspecified atom stereocenters. The van der Waals surface area contributed by atoms with E-state index in [0.717, 1.165) is 11.3 Å². The Balaban J connectivity index is 4.75. The minimum Gasteiger partial charge on any atom is -0.264 e. The van der Waals surface area contributed by atoms with Crippen LogP contribution in [-0.4, -0.2) is 6.72 Å². The van der Waals surface area contributed by atoms with Crippen LogP contribution < -0.4 is 0 Å². The van der Waals surface area contributed by atoms with Crippen molar-refractivity contribution in [2.75, 3.05) is 0 Å². The first-order chi connectivity index (χ1) is 5.29. The average Bonchev–Trinajstić information content (AvgIpc) is 2.05. The normalized spacial score (nSPS) is 12.5. The molecule has 0 heterocycles. The summed E-state index contributed by atoms with van der Waals surface area (Å²) in [7, 11) is 0. The van der Waals surface area contributed by atoms with Gasteiger partial charge in [0.05, 0.1) is 5.70 Å². The first-order valence-electron chi connectivity index (χ1n) is 3.38. The molecule has 0 spiro atoms. The third-order valence-electron chi connectivity index (χ3n) is 1.27. The summed E-state index contributed by atoms with van der Waals surface area (Å²) in [6.45, 7) is 12.6. The molecule has 0 saturated carbocycles. The summed E-state index contributed by atoms with van der Waals surface area (Å²) in [6.07, 6.45) is 7.14.